The molecule has 0 atom stereocenters. The maximum absolute atomic E-state index is 11.7. The Balaban J connectivity index is 1.93. The second kappa shape index (κ2) is 14.9. The molecule has 156 valence electrons. The minimum absolute atomic E-state index is 0.121. The fourth-order valence-corrected chi connectivity index (χ4v) is 2.73. The van der Waals surface area contributed by atoms with Crippen LogP contribution in [-0.4, -0.2) is 18.4 Å². The van der Waals surface area contributed by atoms with E-state index in [1.165, 1.54) is 51.2 Å². The summed E-state index contributed by atoms with van der Waals surface area (Å²) in [5, 5.41) is 0. The number of carbonyl (C=O) groups is 1. The van der Waals surface area contributed by atoms with Gasteiger partial charge in [0.2, 0.25) is 5.79 Å². The van der Waals surface area contributed by atoms with Gasteiger partial charge in [-0.25, -0.2) is 0 Å². The van der Waals surface area contributed by atoms with E-state index in [4.69, 9.17) is 14.2 Å². The van der Waals surface area contributed by atoms with E-state index in [9.17, 15) is 4.79 Å². The van der Waals surface area contributed by atoms with Crippen molar-refractivity contribution in [1.29, 1.82) is 0 Å². The molecule has 0 aromatic rings. The Morgan fingerprint density at radius 2 is 1.57 bits per heavy atom. The Labute approximate surface area is 171 Å². The molecule has 1 aliphatic heterocycles. The van der Waals surface area contributed by atoms with Gasteiger partial charge >= 0.3 is 5.97 Å². The SMILES string of the molecule is CCCCCCCCCC#CC#CCCCCC(=O)OCC1=COC(C)(C)O1. The lowest BCUT2D eigenvalue weighted by atomic mass is 10.1. The van der Waals surface area contributed by atoms with Crippen LogP contribution < -0.4 is 0 Å². The van der Waals surface area contributed by atoms with Crippen molar-refractivity contribution in [2.45, 2.75) is 104 Å². The van der Waals surface area contributed by atoms with Gasteiger partial charge in [0.05, 0.1) is 0 Å². The molecule has 0 aliphatic carbocycles. The normalized spacial score (nSPS) is 13.9. The molecule has 0 fully saturated rings. The molecule has 0 unspecified atom stereocenters. The average Bonchev–Trinajstić information content (AvgIpc) is 3.02. The molecule has 0 radical (unpaired) electrons. The summed E-state index contributed by atoms with van der Waals surface area (Å²) in [5.74, 6) is 11.6. The summed E-state index contributed by atoms with van der Waals surface area (Å²) in [6.45, 7) is 5.97. The zero-order valence-corrected chi connectivity index (χ0v) is 17.9. The topological polar surface area (TPSA) is 44.8 Å². The molecule has 4 heteroatoms. The van der Waals surface area contributed by atoms with Crippen molar-refractivity contribution < 1.29 is 19.0 Å². The zero-order chi connectivity index (χ0) is 20.5. The van der Waals surface area contributed by atoms with E-state index < -0.39 is 5.79 Å². The summed E-state index contributed by atoms with van der Waals surface area (Å²) >= 11 is 0. The summed E-state index contributed by atoms with van der Waals surface area (Å²) in [4.78, 5) is 11.7. The van der Waals surface area contributed by atoms with Crippen LogP contribution in [-0.2, 0) is 19.0 Å². The minimum atomic E-state index is -0.669. The van der Waals surface area contributed by atoms with Gasteiger partial charge in [0, 0.05) is 33.1 Å². The monoisotopic (exact) mass is 388 g/mol. The first-order valence-corrected chi connectivity index (χ1v) is 10.7. The number of rotatable bonds is 13. The third-order valence-corrected chi connectivity index (χ3v) is 4.30. The van der Waals surface area contributed by atoms with Crippen LogP contribution in [0.4, 0.5) is 0 Å². The number of carbonyl (C=O) groups excluding carboxylic acids is 1. The molecule has 4 nitrogen and oxygen atoms in total. The Hall–Kier alpha value is -2.07. The van der Waals surface area contributed by atoms with E-state index in [1.807, 2.05) is 0 Å². The Morgan fingerprint density at radius 3 is 2.18 bits per heavy atom. The van der Waals surface area contributed by atoms with Gasteiger partial charge in [0.1, 0.15) is 6.26 Å². The van der Waals surface area contributed by atoms with E-state index in [0.717, 1.165) is 25.7 Å². The van der Waals surface area contributed by atoms with Crippen LogP contribution in [0.5, 0.6) is 0 Å². The van der Waals surface area contributed by atoms with Crippen LogP contribution in [0, 0.1) is 23.7 Å². The first-order valence-electron chi connectivity index (χ1n) is 10.7. The lowest BCUT2D eigenvalue weighted by Crippen LogP contribution is -2.21. The third-order valence-electron chi connectivity index (χ3n) is 4.30. The predicted octanol–water partition coefficient (Wildman–Crippen LogP) is 5.86. The Kier molecular flexibility index (Phi) is 12.8. The quantitative estimate of drug-likeness (QED) is 0.225. The summed E-state index contributed by atoms with van der Waals surface area (Å²) < 4.78 is 15.9. The molecule has 0 aromatic heterocycles. The van der Waals surface area contributed by atoms with Gasteiger partial charge < -0.3 is 14.2 Å². The van der Waals surface area contributed by atoms with E-state index in [-0.39, 0.29) is 12.6 Å². The van der Waals surface area contributed by atoms with Gasteiger partial charge in [0.25, 0.3) is 0 Å². The first kappa shape index (κ1) is 24.0. The largest absolute Gasteiger partial charge is 0.457 e. The van der Waals surface area contributed by atoms with E-state index >= 15 is 0 Å². The number of esters is 1. The van der Waals surface area contributed by atoms with Gasteiger partial charge in [-0.2, -0.15) is 0 Å². The predicted molar refractivity (Wildman–Crippen MR) is 112 cm³/mol. The highest BCUT2D eigenvalue weighted by Crippen LogP contribution is 2.24. The van der Waals surface area contributed by atoms with Crippen LogP contribution in [0.2, 0.25) is 0 Å². The van der Waals surface area contributed by atoms with Crippen LogP contribution in [0.3, 0.4) is 0 Å². The first-order chi connectivity index (χ1) is 13.5. The number of hydrogen-bond donors (Lipinski definition) is 0. The van der Waals surface area contributed by atoms with Gasteiger partial charge in [-0.1, -0.05) is 57.3 Å². The van der Waals surface area contributed by atoms with Gasteiger partial charge in [0.15, 0.2) is 12.4 Å². The highest BCUT2D eigenvalue weighted by Gasteiger charge is 2.27. The summed E-state index contributed by atoms with van der Waals surface area (Å²) in [6.07, 6.45) is 14.4. The summed E-state index contributed by atoms with van der Waals surface area (Å²) in [6, 6.07) is 0. The molecule has 0 amide bonds. The van der Waals surface area contributed by atoms with Crippen molar-refractivity contribution in [1.82, 2.24) is 0 Å². The molecular formula is C24H36O4. The third kappa shape index (κ3) is 13.2. The Bertz CT molecular complexity index is 596. The van der Waals surface area contributed by atoms with Crippen molar-refractivity contribution in [3.63, 3.8) is 0 Å². The molecule has 28 heavy (non-hydrogen) atoms. The highest BCUT2D eigenvalue weighted by molar-refractivity contribution is 5.69. The van der Waals surface area contributed by atoms with E-state index in [0.29, 0.717) is 12.2 Å². The Morgan fingerprint density at radius 1 is 0.964 bits per heavy atom. The maximum atomic E-state index is 11.7. The lowest BCUT2D eigenvalue weighted by Gasteiger charge is -2.18. The van der Waals surface area contributed by atoms with Gasteiger partial charge in [-0.3, -0.25) is 4.79 Å². The second-order valence-electron chi connectivity index (χ2n) is 7.55. The second-order valence-corrected chi connectivity index (χ2v) is 7.55. The molecule has 0 bridgehead atoms. The number of unbranched alkanes of at least 4 members (excludes halogenated alkanes) is 9. The molecule has 0 saturated carbocycles. The van der Waals surface area contributed by atoms with Crippen molar-refractivity contribution in [3.8, 4) is 23.7 Å². The molecule has 0 spiro atoms. The van der Waals surface area contributed by atoms with Crippen LogP contribution in [0.1, 0.15) is 97.8 Å². The summed E-state index contributed by atoms with van der Waals surface area (Å²) in [5.41, 5.74) is 0. The standard InChI is InChI=1S/C24H36O4/c1-4-5-6-7-8-9-10-11-12-13-14-15-16-17-18-19-23(25)26-20-22-21-27-24(2,3)28-22/h21H,4-11,16-20H2,1-3H3. The maximum Gasteiger partial charge on any atom is 0.306 e. The van der Waals surface area contributed by atoms with Crippen LogP contribution in [0.15, 0.2) is 12.0 Å². The smallest absolute Gasteiger partial charge is 0.306 e. The van der Waals surface area contributed by atoms with Crippen LogP contribution in [0.25, 0.3) is 0 Å². The van der Waals surface area contributed by atoms with Gasteiger partial charge in [-0.15, -0.1) is 0 Å². The fourth-order valence-electron chi connectivity index (χ4n) is 2.73. The molecule has 0 N–H and O–H groups in total. The zero-order valence-electron chi connectivity index (χ0n) is 17.9. The highest BCUT2D eigenvalue weighted by atomic mass is 16.7. The molecular weight excluding hydrogens is 352 g/mol. The molecule has 1 rings (SSSR count). The van der Waals surface area contributed by atoms with Crippen molar-refractivity contribution in [3.05, 3.63) is 12.0 Å². The van der Waals surface area contributed by atoms with Crippen molar-refractivity contribution in [2.75, 3.05) is 6.61 Å². The summed E-state index contributed by atoms with van der Waals surface area (Å²) in [7, 11) is 0. The van der Waals surface area contributed by atoms with Crippen LogP contribution >= 0.6 is 0 Å². The molecule has 0 aromatic carbocycles. The van der Waals surface area contributed by atoms with E-state index in [1.54, 1.807) is 13.8 Å². The number of ether oxygens (including phenoxy) is 3. The molecule has 1 heterocycles. The average molecular weight is 389 g/mol. The minimum Gasteiger partial charge on any atom is -0.457 e. The fraction of sp³-hybridized carbons (Fsp3) is 0.708. The lowest BCUT2D eigenvalue weighted by molar-refractivity contribution is -0.147. The van der Waals surface area contributed by atoms with Crippen molar-refractivity contribution in [2.24, 2.45) is 0 Å². The number of hydrogen-bond acceptors (Lipinski definition) is 4. The van der Waals surface area contributed by atoms with E-state index in [2.05, 4.69) is 30.6 Å². The van der Waals surface area contributed by atoms with Gasteiger partial charge in [-0.05, 0) is 31.1 Å². The molecule has 1 aliphatic rings. The molecule has 0 saturated heterocycles. The van der Waals surface area contributed by atoms with Crippen molar-refractivity contribution >= 4 is 5.97 Å².